The number of rotatable bonds is 3. The molecule has 1 atom stereocenters. The highest BCUT2D eigenvalue weighted by Crippen LogP contribution is 2.33. The lowest BCUT2D eigenvalue weighted by molar-refractivity contribution is -0.383. The van der Waals surface area contributed by atoms with Crippen LogP contribution >= 0.6 is 0 Å². The second kappa shape index (κ2) is 5.68. The molecule has 0 aliphatic carbocycles. The Kier molecular flexibility index (Phi) is 3.49. The molecular formula is C15H16N6O3. The van der Waals surface area contributed by atoms with Gasteiger partial charge in [-0.1, -0.05) is 0 Å². The van der Waals surface area contributed by atoms with Crippen molar-refractivity contribution in [1.29, 1.82) is 0 Å². The van der Waals surface area contributed by atoms with Crippen molar-refractivity contribution >= 4 is 16.6 Å². The summed E-state index contributed by atoms with van der Waals surface area (Å²) in [6.07, 6.45) is 5.82. The zero-order valence-corrected chi connectivity index (χ0v) is 13.1. The molecule has 1 unspecified atom stereocenters. The van der Waals surface area contributed by atoms with Crippen molar-refractivity contribution in [3.8, 4) is 5.69 Å². The summed E-state index contributed by atoms with van der Waals surface area (Å²) in [5, 5.41) is 24.2. The molecule has 0 N–H and O–H groups in total. The predicted octanol–water partition coefficient (Wildman–Crippen LogP) is 2.53. The third kappa shape index (κ3) is 2.33. The van der Waals surface area contributed by atoms with Gasteiger partial charge in [-0.2, -0.15) is 5.10 Å². The summed E-state index contributed by atoms with van der Waals surface area (Å²) in [5.74, 6) is 0.656. The molecule has 4 rings (SSSR count). The number of aryl methyl sites for hydroxylation is 1. The molecule has 0 bridgehead atoms. The van der Waals surface area contributed by atoms with Gasteiger partial charge < -0.3 is 4.74 Å². The lowest BCUT2D eigenvalue weighted by atomic mass is 10.1. The minimum absolute atomic E-state index is 0.0117. The molecule has 0 spiro atoms. The Morgan fingerprint density at radius 2 is 2.25 bits per heavy atom. The Bertz CT molecular complexity index is 909. The summed E-state index contributed by atoms with van der Waals surface area (Å²) in [6, 6.07) is 3.39. The Morgan fingerprint density at radius 1 is 1.38 bits per heavy atom. The summed E-state index contributed by atoms with van der Waals surface area (Å²) < 4.78 is 9.24. The van der Waals surface area contributed by atoms with Crippen LogP contribution in [0.5, 0.6) is 0 Å². The van der Waals surface area contributed by atoms with E-state index in [1.54, 1.807) is 16.2 Å². The number of non-ortho nitro benzene ring substituents is 1. The molecule has 9 nitrogen and oxygen atoms in total. The summed E-state index contributed by atoms with van der Waals surface area (Å²) in [4.78, 5) is 11.1. The molecule has 1 aliphatic heterocycles. The number of fused-ring (bicyclic) bond motifs is 1. The van der Waals surface area contributed by atoms with Crippen LogP contribution in [0, 0.1) is 17.0 Å². The monoisotopic (exact) mass is 328 g/mol. The van der Waals surface area contributed by atoms with Crippen molar-refractivity contribution in [3.63, 3.8) is 0 Å². The third-order valence-electron chi connectivity index (χ3n) is 4.30. The van der Waals surface area contributed by atoms with E-state index in [9.17, 15) is 10.1 Å². The van der Waals surface area contributed by atoms with Crippen LogP contribution in [0.25, 0.3) is 16.6 Å². The molecule has 1 saturated heterocycles. The molecule has 1 fully saturated rings. The maximum atomic E-state index is 11.5. The molecule has 1 aliphatic rings. The van der Waals surface area contributed by atoms with Gasteiger partial charge in [0.1, 0.15) is 12.2 Å². The average molecular weight is 328 g/mol. The minimum atomic E-state index is -0.390. The van der Waals surface area contributed by atoms with E-state index in [4.69, 9.17) is 4.74 Å². The summed E-state index contributed by atoms with van der Waals surface area (Å²) in [6.45, 7) is 2.48. The fourth-order valence-corrected chi connectivity index (χ4v) is 3.09. The van der Waals surface area contributed by atoms with Crippen LogP contribution in [0.15, 0.2) is 24.7 Å². The SMILES string of the molecule is Cc1nncn1-c1cc([N+](=O)[O-])c2cnn(C3CCCCO3)c2c1. The molecule has 3 aromatic rings. The summed E-state index contributed by atoms with van der Waals surface area (Å²) >= 11 is 0. The largest absolute Gasteiger partial charge is 0.356 e. The zero-order valence-electron chi connectivity index (χ0n) is 13.1. The van der Waals surface area contributed by atoms with E-state index < -0.39 is 0 Å². The Morgan fingerprint density at radius 3 is 2.92 bits per heavy atom. The van der Waals surface area contributed by atoms with Crippen molar-refractivity contribution < 1.29 is 9.66 Å². The minimum Gasteiger partial charge on any atom is -0.356 e. The first kappa shape index (κ1) is 14.8. The van der Waals surface area contributed by atoms with Crippen LogP contribution in [-0.4, -0.2) is 36.1 Å². The van der Waals surface area contributed by atoms with Crippen molar-refractivity contribution in [2.24, 2.45) is 0 Å². The second-order valence-corrected chi connectivity index (χ2v) is 5.81. The van der Waals surface area contributed by atoms with Crippen molar-refractivity contribution in [1.82, 2.24) is 24.5 Å². The van der Waals surface area contributed by atoms with Crippen LogP contribution in [-0.2, 0) is 4.74 Å². The summed E-state index contributed by atoms with van der Waals surface area (Å²) in [7, 11) is 0. The molecule has 0 radical (unpaired) electrons. The van der Waals surface area contributed by atoms with Crippen LogP contribution in [0.4, 0.5) is 5.69 Å². The van der Waals surface area contributed by atoms with Crippen molar-refractivity contribution in [2.45, 2.75) is 32.4 Å². The average Bonchev–Trinajstić information content (AvgIpc) is 3.20. The predicted molar refractivity (Wildman–Crippen MR) is 84.9 cm³/mol. The normalized spacial score (nSPS) is 18.1. The highest BCUT2D eigenvalue weighted by Gasteiger charge is 2.23. The quantitative estimate of drug-likeness (QED) is 0.541. The Labute approximate surface area is 137 Å². The van der Waals surface area contributed by atoms with Crippen LogP contribution in [0.2, 0.25) is 0 Å². The number of nitro benzene ring substituents is 1. The first-order chi connectivity index (χ1) is 11.6. The standard InChI is InChI=1S/C15H16N6O3/c1-10-18-16-9-19(10)11-6-13-12(14(7-11)21(22)23)8-17-20(13)15-4-2-3-5-24-15/h6-9,15H,2-5H2,1H3. The molecule has 24 heavy (non-hydrogen) atoms. The summed E-state index contributed by atoms with van der Waals surface area (Å²) in [5.41, 5.74) is 1.33. The van der Waals surface area contributed by atoms with Gasteiger partial charge in [-0.05, 0) is 32.3 Å². The topological polar surface area (TPSA) is 101 Å². The number of hydrogen-bond acceptors (Lipinski definition) is 6. The molecule has 1 aromatic carbocycles. The lowest BCUT2D eigenvalue weighted by Gasteiger charge is -2.23. The molecule has 3 heterocycles. The van der Waals surface area contributed by atoms with Gasteiger partial charge in [-0.15, -0.1) is 10.2 Å². The van der Waals surface area contributed by atoms with Gasteiger partial charge in [-0.25, -0.2) is 4.68 Å². The maximum absolute atomic E-state index is 11.5. The first-order valence-corrected chi connectivity index (χ1v) is 7.79. The van der Waals surface area contributed by atoms with E-state index in [0.717, 1.165) is 19.3 Å². The highest BCUT2D eigenvalue weighted by molar-refractivity contribution is 5.90. The van der Waals surface area contributed by atoms with Gasteiger partial charge in [0.15, 0.2) is 6.23 Å². The van der Waals surface area contributed by atoms with E-state index in [1.165, 1.54) is 18.6 Å². The van der Waals surface area contributed by atoms with Crippen LogP contribution < -0.4 is 0 Å². The fraction of sp³-hybridized carbons (Fsp3) is 0.400. The number of nitrogens with zero attached hydrogens (tertiary/aromatic N) is 6. The molecule has 0 saturated carbocycles. The van der Waals surface area contributed by atoms with E-state index in [-0.39, 0.29) is 16.8 Å². The molecule has 0 amide bonds. The zero-order chi connectivity index (χ0) is 16.7. The highest BCUT2D eigenvalue weighted by atomic mass is 16.6. The third-order valence-corrected chi connectivity index (χ3v) is 4.30. The number of aromatic nitrogens is 5. The van der Waals surface area contributed by atoms with E-state index in [2.05, 4.69) is 15.3 Å². The molecule has 9 heteroatoms. The number of nitro groups is 1. The molecule has 124 valence electrons. The second-order valence-electron chi connectivity index (χ2n) is 5.81. The number of hydrogen-bond donors (Lipinski definition) is 0. The Hall–Kier alpha value is -2.81. The van der Waals surface area contributed by atoms with Crippen LogP contribution in [0.1, 0.15) is 31.3 Å². The van der Waals surface area contributed by atoms with Gasteiger partial charge >= 0.3 is 0 Å². The molecule has 2 aromatic heterocycles. The maximum Gasteiger partial charge on any atom is 0.282 e. The first-order valence-electron chi connectivity index (χ1n) is 7.79. The molecular weight excluding hydrogens is 312 g/mol. The van der Waals surface area contributed by atoms with Gasteiger partial charge in [-0.3, -0.25) is 14.7 Å². The van der Waals surface area contributed by atoms with Crippen LogP contribution in [0.3, 0.4) is 0 Å². The van der Waals surface area contributed by atoms with Gasteiger partial charge in [0.2, 0.25) is 0 Å². The number of ether oxygens (including phenoxy) is 1. The van der Waals surface area contributed by atoms with Crippen molar-refractivity contribution in [2.75, 3.05) is 6.61 Å². The van der Waals surface area contributed by atoms with Gasteiger partial charge in [0, 0.05) is 12.7 Å². The van der Waals surface area contributed by atoms with E-state index in [1.807, 2.05) is 6.07 Å². The van der Waals surface area contributed by atoms with E-state index >= 15 is 0 Å². The fourth-order valence-electron chi connectivity index (χ4n) is 3.09. The lowest BCUT2D eigenvalue weighted by Crippen LogP contribution is -2.19. The van der Waals surface area contributed by atoms with Gasteiger partial charge in [0.25, 0.3) is 5.69 Å². The van der Waals surface area contributed by atoms with Gasteiger partial charge in [0.05, 0.1) is 27.7 Å². The Balaban J connectivity index is 1.92. The number of benzene rings is 1. The van der Waals surface area contributed by atoms with E-state index in [0.29, 0.717) is 29.0 Å². The smallest absolute Gasteiger partial charge is 0.282 e. The van der Waals surface area contributed by atoms with Crippen molar-refractivity contribution in [3.05, 3.63) is 40.6 Å².